The number of thiocarbonyl (C=S) groups is 1. The lowest BCUT2D eigenvalue weighted by Gasteiger charge is -2.15. The minimum atomic E-state index is -0.552. The van der Waals surface area contributed by atoms with E-state index in [4.69, 9.17) is 44.9 Å². The highest BCUT2D eigenvalue weighted by molar-refractivity contribution is 7.80. The van der Waals surface area contributed by atoms with Crippen LogP contribution in [0.25, 0.3) is 0 Å². The van der Waals surface area contributed by atoms with Crippen LogP contribution in [0.3, 0.4) is 0 Å². The monoisotopic (exact) mass is 440 g/mol. The molecule has 2 aromatic carbocycles. The highest BCUT2D eigenvalue weighted by atomic mass is 35.5. The Morgan fingerprint density at radius 1 is 0.929 bits per heavy atom. The van der Waals surface area contributed by atoms with E-state index >= 15 is 0 Å². The number of anilines is 2. The molecule has 0 aliphatic heterocycles. The van der Waals surface area contributed by atoms with Gasteiger partial charge in [-0.2, -0.15) is 0 Å². The normalized spacial score (nSPS) is 10.1. The molecular weight excluding hydrogens is 423 g/mol. The van der Waals surface area contributed by atoms with Crippen molar-refractivity contribution in [3.8, 4) is 0 Å². The maximum atomic E-state index is 12.2. The van der Waals surface area contributed by atoms with E-state index < -0.39 is 11.9 Å². The number of ether oxygens (including phenoxy) is 2. The van der Waals surface area contributed by atoms with Crippen molar-refractivity contribution in [2.75, 3.05) is 23.8 Å². The minimum Gasteiger partial charge on any atom is -0.462 e. The van der Waals surface area contributed by atoms with Crippen molar-refractivity contribution in [2.24, 2.45) is 0 Å². The fraction of sp³-hybridized carbons (Fsp3) is 0.211. The summed E-state index contributed by atoms with van der Waals surface area (Å²) >= 11 is 17.4. The first kappa shape index (κ1) is 21.9. The molecule has 0 spiro atoms. The highest BCUT2D eigenvalue weighted by Crippen LogP contribution is 2.26. The van der Waals surface area contributed by atoms with Gasteiger partial charge in [0, 0.05) is 5.02 Å². The van der Waals surface area contributed by atoms with Crippen molar-refractivity contribution in [1.82, 2.24) is 0 Å². The van der Waals surface area contributed by atoms with Crippen LogP contribution in [-0.2, 0) is 9.47 Å². The molecule has 0 unspecified atom stereocenters. The van der Waals surface area contributed by atoms with E-state index in [1.54, 1.807) is 32.0 Å². The molecule has 148 valence electrons. The molecule has 0 bridgehead atoms. The van der Waals surface area contributed by atoms with Gasteiger partial charge in [-0.1, -0.05) is 23.2 Å². The van der Waals surface area contributed by atoms with E-state index in [-0.39, 0.29) is 29.5 Å². The standard InChI is InChI=1S/C19H18Cl2N2O4S/c1-3-26-17(24)11-5-7-13(18(25)27-4-2)15(9-11)22-19(28)23-16-10-12(20)6-8-14(16)21/h5-10H,3-4H2,1-2H3,(H2,22,23,28). The number of esters is 2. The van der Waals surface area contributed by atoms with Crippen LogP contribution in [0.4, 0.5) is 11.4 Å². The fourth-order valence-electron chi connectivity index (χ4n) is 2.25. The van der Waals surface area contributed by atoms with Gasteiger partial charge in [0.15, 0.2) is 5.11 Å². The van der Waals surface area contributed by atoms with Gasteiger partial charge < -0.3 is 20.1 Å². The molecule has 0 heterocycles. The number of carbonyl (C=O) groups excluding carboxylic acids is 2. The SMILES string of the molecule is CCOC(=O)c1ccc(C(=O)OCC)c(NC(=S)Nc2cc(Cl)ccc2Cl)c1. The van der Waals surface area contributed by atoms with Crippen molar-refractivity contribution >= 4 is 63.8 Å². The van der Waals surface area contributed by atoms with Gasteiger partial charge in [0.25, 0.3) is 0 Å². The summed E-state index contributed by atoms with van der Waals surface area (Å²) in [5.74, 6) is -1.07. The van der Waals surface area contributed by atoms with Gasteiger partial charge in [0.2, 0.25) is 0 Å². The zero-order chi connectivity index (χ0) is 20.7. The van der Waals surface area contributed by atoms with Crippen LogP contribution in [0.1, 0.15) is 34.6 Å². The quantitative estimate of drug-likeness (QED) is 0.474. The second-order valence-corrected chi connectivity index (χ2v) is 6.66. The van der Waals surface area contributed by atoms with E-state index in [0.717, 1.165) is 0 Å². The third kappa shape index (κ3) is 5.82. The van der Waals surface area contributed by atoms with Crippen molar-refractivity contribution in [3.63, 3.8) is 0 Å². The number of hydrogen-bond donors (Lipinski definition) is 2. The highest BCUT2D eigenvalue weighted by Gasteiger charge is 2.17. The summed E-state index contributed by atoms with van der Waals surface area (Å²) < 4.78 is 10.1. The molecule has 0 atom stereocenters. The molecule has 6 nitrogen and oxygen atoms in total. The van der Waals surface area contributed by atoms with Crippen molar-refractivity contribution < 1.29 is 19.1 Å². The maximum Gasteiger partial charge on any atom is 0.340 e. The molecule has 0 aromatic heterocycles. The van der Waals surface area contributed by atoms with Crippen LogP contribution in [-0.4, -0.2) is 30.3 Å². The summed E-state index contributed by atoms with van der Waals surface area (Å²) in [5.41, 5.74) is 1.27. The molecule has 0 aliphatic rings. The Morgan fingerprint density at radius 3 is 2.25 bits per heavy atom. The number of nitrogens with one attached hydrogen (secondary N) is 2. The van der Waals surface area contributed by atoms with Crippen molar-refractivity contribution in [2.45, 2.75) is 13.8 Å². The largest absolute Gasteiger partial charge is 0.462 e. The van der Waals surface area contributed by atoms with Crippen LogP contribution in [0.15, 0.2) is 36.4 Å². The van der Waals surface area contributed by atoms with Gasteiger partial charge in [0.1, 0.15) is 0 Å². The van der Waals surface area contributed by atoms with Crippen LogP contribution < -0.4 is 10.6 Å². The summed E-state index contributed by atoms with van der Waals surface area (Å²) in [6.45, 7) is 3.84. The maximum absolute atomic E-state index is 12.2. The average molecular weight is 441 g/mol. The zero-order valence-corrected chi connectivity index (χ0v) is 17.5. The summed E-state index contributed by atoms with van der Waals surface area (Å²) in [4.78, 5) is 24.2. The number of carbonyl (C=O) groups is 2. The Bertz CT molecular complexity index is 905. The smallest absolute Gasteiger partial charge is 0.340 e. The van der Waals surface area contributed by atoms with Crippen molar-refractivity contribution in [3.05, 3.63) is 57.6 Å². The summed E-state index contributed by atoms with van der Waals surface area (Å²) in [7, 11) is 0. The molecule has 2 rings (SSSR count). The molecular formula is C19H18Cl2N2O4S. The predicted octanol–water partition coefficient (Wildman–Crippen LogP) is 5.16. The first-order chi connectivity index (χ1) is 13.3. The van der Waals surface area contributed by atoms with Crippen LogP contribution in [0, 0.1) is 0 Å². The number of halogens is 2. The number of rotatable bonds is 6. The van der Waals surface area contributed by atoms with Gasteiger partial charge >= 0.3 is 11.9 Å². The lowest BCUT2D eigenvalue weighted by atomic mass is 10.1. The van der Waals surface area contributed by atoms with Gasteiger partial charge in [-0.25, -0.2) is 9.59 Å². The van der Waals surface area contributed by atoms with E-state index in [1.165, 1.54) is 18.2 Å². The second kappa shape index (κ2) is 10.3. The van der Waals surface area contributed by atoms with Crippen LogP contribution >= 0.6 is 35.4 Å². The predicted molar refractivity (Wildman–Crippen MR) is 115 cm³/mol. The average Bonchev–Trinajstić information content (AvgIpc) is 2.65. The van der Waals surface area contributed by atoms with Gasteiger partial charge in [0.05, 0.1) is 40.7 Å². The Kier molecular flexibility index (Phi) is 8.04. The molecule has 28 heavy (non-hydrogen) atoms. The molecule has 2 N–H and O–H groups in total. The van der Waals surface area contributed by atoms with Crippen LogP contribution in [0.5, 0.6) is 0 Å². The fourth-order valence-corrected chi connectivity index (χ4v) is 2.80. The lowest BCUT2D eigenvalue weighted by molar-refractivity contribution is 0.0512. The summed E-state index contributed by atoms with van der Waals surface area (Å²) in [6.07, 6.45) is 0. The van der Waals surface area contributed by atoms with Gasteiger partial charge in [-0.15, -0.1) is 0 Å². The Morgan fingerprint density at radius 2 is 1.57 bits per heavy atom. The molecule has 9 heteroatoms. The van der Waals surface area contributed by atoms with Gasteiger partial charge in [-0.05, 0) is 62.5 Å². The van der Waals surface area contributed by atoms with E-state index in [1.807, 2.05) is 0 Å². The Balaban J connectivity index is 2.30. The summed E-state index contributed by atoms with van der Waals surface area (Å²) in [6, 6.07) is 9.31. The first-order valence-corrected chi connectivity index (χ1v) is 9.53. The summed E-state index contributed by atoms with van der Waals surface area (Å²) in [5, 5.41) is 6.84. The number of benzene rings is 2. The van der Waals surface area contributed by atoms with Gasteiger partial charge in [-0.3, -0.25) is 0 Å². The molecule has 0 amide bonds. The van der Waals surface area contributed by atoms with Crippen molar-refractivity contribution in [1.29, 1.82) is 0 Å². The topological polar surface area (TPSA) is 76.7 Å². The van der Waals surface area contributed by atoms with Crippen LogP contribution in [0.2, 0.25) is 10.0 Å². The molecule has 0 saturated heterocycles. The molecule has 2 aromatic rings. The zero-order valence-electron chi connectivity index (χ0n) is 15.2. The third-order valence-electron chi connectivity index (χ3n) is 3.45. The Hall–Kier alpha value is -2.35. The van der Waals surface area contributed by atoms with E-state index in [2.05, 4.69) is 10.6 Å². The lowest BCUT2D eigenvalue weighted by Crippen LogP contribution is -2.22. The third-order valence-corrected chi connectivity index (χ3v) is 4.22. The molecule has 0 fully saturated rings. The first-order valence-electron chi connectivity index (χ1n) is 8.37. The molecule has 0 saturated carbocycles. The second-order valence-electron chi connectivity index (χ2n) is 5.40. The van der Waals surface area contributed by atoms with E-state index in [0.29, 0.717) is 21.4 Å². The van der Waals surface area contributed by atoms with E-state index in [9.17, 15) is 9.59 Å². The number of hydrogen-bond acceptors (Lipinski definition) is 5. The minimum absolute atomic E-state index is 0.149. The Labute approximate surface area is 178 Å². The molecule has 0 radical (unpaired) electrons. The molecule has 0 aliphatic carbocycles.